The van der Waals surface area contributed by atoms with Gasteiger partial charge in [-0.3, -0.25) is 4.79 Å². The van der Waals surface area contributed by atoms with Crippen LogP contribution in [0.2, 0.25) is 0 Å². The molecule has 0 aliphatic rings. The predicted octanol–water partition coefficient (Wildman–Crippen LogP) is 5.59. The fourth-order valence-electron chi connectivity index (χ4n) is 2.72. The lowest BCUT2D eigenvalue weighted by Crippen LogP contribution is -2.23. The number of thiazole rings is 1. The second-order valence-electron chi connectivity index (χ2n) is 6.77. The van der Waals surface area contributed by atoms with Gasteiger partial charge in [0.1, 0.15) is 11.5 Å². The van der Waals surface area contributed by atoms with Crippen molar-refractivity contribution in [3.05, 3.63) is 60.3 Å². The van der Waals surface area contributed by atoms with E-state index in [0.717, 1.165) is 27.5 Å². The van der Waals surface area contributed by atoms with Gasteiger partial charge in [-0.15, -0.1) is 0 Å². The van der Waals surface area contributed by atoms with Crippen molar-refractivity contribution < 1.29 is 14.3 Å². The first-order chi connectivity index (χ1) is 13.4. The molecule has 0 aliphatic heterocycles. The molecule has 3 aromatic rings. The molecule has 2 aromatic carbocycles. The van der Waals surface area contributed by atoms with Crippen molar-refractivity contribution in [2.75, 3.05) is 0 Å². The number of amides is 1. The van der Waals surface area contributed by atoms with E-state index in [4.69, 9.17) is 9.47 Å². The van der Waals surface area contributed by atoms with Crippen LogP contribution < -0.4 is 14.8 Å². The highest BCUT2D eigenvalue weighted by atomic mass is 32.1. The molecule has 0 aliphatic carbocycles. The highest BCUT2D eigenvalue weighted by Gasteiger charge is 2.10. The number of nitrogens with zero attached hydrogens (tertiary/aromatic N) is 1. The molecule has 5 nitrogen and oxygen atoms in total. The molecule has 1 heterocycles. The highest BCUT2D eigenvalue weighted by Crippen LogP contribution is 2.34. The standard InChI is InChI=1S/C22H24N2O3S/c1-14(2)26-19-9-11-20(12-10-19)27-22-23-13-21(28-22)18-7-5-17(6-8-18)15(3)24-16(4)25/h5-15H,1-4H3,(H,24,25). The Balaban J connectivity index is 1.66. The summed E-state index contributed by atoms with van der Waals surface area (Å²) in [6.45, 7) is 7.48. The van der Waals surface area contributed by atoms with Crippen molar-refractivity contribution in [3.8, 4) is 27.1 Å². The minimum absolute atomic E-state index is 0.0189. The Bertz CT molecular complexity index is 918. The molecule has 0 radical (unpaired) electrons. The number of benzene rings is 2. The van der Waals surface area contributed by atoms with Crippen LogP contribution in [0.15, 0.2) is 54.7 Å². The van der Waals surface area contributed by atoms with Crippen molar-refractivity contribution in [1.29, 1.82) is 0 Å². The second kappa shape index (κ2) is 8.89. The molecule has 0 fully saturated rings. The molecular formula is C22H24N2O3S. The molecule has 3 rings (SSSR count). The monoisotopic (exact) mass is 396 g/mol. The summed E-state index contributed by atoms with van der Waals surface area (Å²) < 4.78 is 11.5. The van der Waals surface area contributed by atoms with Crippen LogP contribution in [0.4, 0.5) is 0 Å². The van der Waals surface area contributed by atoms with Gasteiger partial charge in [0.05, 0.1) is 17.0 Å². The minimum Gasteiger partial charge on any atom is -0.491 e. The summed E-state index contributed by atoms with van der Waals surface area (Å²) in [5.74, 6) is 1.50. The van der Waals surface area contributed by atoms with Crippen LogP contribution in [0.3, 0.4) is 0 Å². The van der Waals surface area contributed by atoms with Crippen LogP contribution in [0.25, 0.3) is 10.4 Å². The average Bonchev–Trinajstić information content (AvgIpc) is 3.11. The molecule has 1 N–H and O–H groups in total. The first-order valence-corrected chi connectivity index (χ1v) is 10.00. The van der Waals surface area contributed by atoms with Crippen LogP contribution in [0.5, 0.6) is 16.7 Å². The third-order valence-corrected chi connectivity index (χ3v) is 4.92. The topological polar surface area (TPSA) is 60.5 Å². The summed E-state index contributed by atoms with van der Waals surface area (Å²) in [7, 11) is 0. The molecule has 1 atom stereocenters. The molecule has 1 unspecified atom stereocenters. The van der Waals surface area contributed by atoms with Gasteiger partial charge in [0.15, 0.2) is 0 Å². The lowest BCUT2D eigenvalue weighted by atomic mass is 10.1. The first-order valence-electron chi connectivity index (χ1n) is 9.18. The Kier molecular flexibility index (Phi) is 6.31. The van der Waals surface area contributed by atoms with Gasteiger partial charge >= 0.3 is 0 Å². The molecule has 0 spiro atoms. The van der Waals surface area contributed by atoms with Crippen molar-refractivity contribution >= 4 is 17.2 Å². The number of nitrogens with one attached hydrogen (secondary N) is 1. The zero-order chi connectivity index (χ0) is 20.1. The summed E-state index contributed by atoms with van der Waals surface area (Å²) >= 11 is 1.49. The molecule has 28 heavy (non-hydrogen) atoms. The lowest BCUT2D eigenvalue weighted by molar-refractivity contribution is -0.119. The third-order valence-electron chi connectivity index (χ3n) is 4.00. The number of rotatable bonds is 7. The Morgan fingerprint density at radius 2 is 1.64 bits per heavy atom. The molecule has 1 aromatic heterocycles. The van der Waals surface area contributed by atoms with E-state index in [2.05, 4.69) is 10.3 Å². The summed E-state index contributed by atoms with van der Waals surface area (Å²) in [5, 5.41) is 3.47. The van der Waals surface area contributed by atoms with Crippen LogP contribution in [-0.4, -0.2) is 17.0 Å². The fourth-order valence-corrected chi connectivity index (χ4v) is 3.51. The molecule has 6 heteroatoms. The average molecular weight is 397 g/mol. The Hall–Kier alpha value is -2.86. The summed E-state index contributed by atoms with van der Waals surface area (Å²) in [6.07, 6.45) is 1.95. The Morgan fingerprint density at radius 3 is 2.25 bits per heavy atom. The number of aromatic nitrogens is 1. The fraction of sp³-hybridized carbons (Fsp3) is 0.273. The smallest absolute Gasteiger partial charge is 0.279 e. The van der Waals surface area contributed by atoms with Crippen LogP contribution >= 0.6 is 11.3 Å². The van der Waals surface area contributed by atoms with Crippen LogP contribution in [0, 0.1) is 0 Å². The Morgan fingerprint density at radius 1 is 1.00 bits per heavy atom. The largest absolute Gasteiger partial charge is 0.491 e. The van der Waals surface area contributed by atoms with Gasteiger partial charge in [-0.2, -0.15) is 0 Å². The van der Waals surface area contributed by atoms with Gasteiger partial charge in [0.25, 0.3) is 5.19 Å². The number of carbonyl (C=O) groups excluding carboxylic acids is 1. The third kappa shape index (κ3) is 5.33. The van der Waals surface area contributed by atoms with Gasteiger partial charge in [0.2, 0.25) is 5.91 Å². The normalized spacial score (nSPS) is 11.9. The maximum atomic E-state index is 11.2. The maximum Gasteiger partial charge on any atom is 0.279 e. The summed E-state index contributed by atoms with van der Waals surface area (Å²) in [4.78, 5) is 16.6. The van der Waals surface area contributed by atoms with E-state index in [1.165, 1.54) is 18.3 Å². The summed E-state index contributed by atoms with van der Waals surface area (Å²) in [6, 6.07) is 15.6. The molecule has 1 amide bonds. The van der Waals surface area contributed by atoms with Gasteiger partial charge in [-0.1, -0.05) is 35.6 Å². The van der Waals surface area contributed by atoms with E-state index in [-0.39, 0.29) is 18.1 Å². The van der Waals surface area contributed by atoms with E-state index < -0.39 is 0 Å². The Labute approximate surface area is 169 Å². The number of carbonyl (C=O) groups is 1. The quantitative estimate of drug-likeness (QED) is 0.566. The minimum atomic E-state index is -0.0374. The van der Waals surface area contributed by atoms with E-state index in [1.807, 2.05) is 75.5 Å². The zero-order valence-corrected chi connectivity index (χ0v) is 17.2. The molecule has 0 bridgehead atoms. The molecule has 146 valence electrons. The first kappa shape index (κ1) is 19.9. The maximum absolute atomic E-state index is 11.2. The zero-order valence-electron chi connectivity index (χ0n) is 16.4. The van der Waals surface area contributed by atoms with Crippen molar-refractivity contribution in [2.24, 2.45) is 0 Å². The number of hydrogen-bond acceptors (Lipinski definition) is 5. The van der Waals surface area contributed by atoms with Crippen LogP contribution in [-0.2, 0) is 4.79 Å². The van der Waals surface area contributed by atoms with Gasteiger partial charge < -0.3 is 14.8 Å². The summed E-state index contributed by atoms with van der Waals surface area (Å²) in [5.41, 5.74) is 2.12. The predicted molar refractivity (Wildman–Crippen MR) is 112 cm³/mol. The van der Waals surface area contributed by atoms with E-state index in [1.54, 1.807) is 0 Å². The van der Waals surface area contributed by atoms with Crippen LogP contribution in [0.1, 0.15) is 39.3 Å². The van der Waals surface area contributed by atoms with E-state index >= 15 is 0 Å². The number of ether oxygens (including phenoxy) is 2. The van der Waals surface area contributed by atoms with Crippen molar-refractivity contribution in [1.82, 2.24) is 10.3 Å². The van der Waals surface area contributed by atoms with Gasteiger partial charge in [-0.25, -0.2) is 4.98 Å². The lowest BCUT2D eigenvalue weighted by Gasteiger charge is -2.13. The van der Waals surface area contributed by atoms with E-state index in [9.17, 15) is 4.79 Å². The molecular weight excluding hydrogens is 372 g/mol. The highest BCUT2D eigenvalue weighted by molar-refractivity contribution is 7.16. The number of hydrogen-bond donors (Lipinski definition) is 1. The van der Waals surface area contributed by atoms with Gasteiger partial charge in [0, 0.05) is 13.1 Å². The van der Waals surface area contributed by atoms with Crippen molar-refractivity contribution in [3.63, 3.8) is 0 Å². The SMILES string of the molecule is CC(=O)NC(C)c1ccc(-c2cnc(Oc3ccc(OC(C)C)cc3)s2)cc1. The molecule has 0 saturated heterocycles. The molecule has 0 saturated carbocycles. The second-order valence-corrected chi connectivity index (χ2v) is 7.77. The van der Waals surface area contributed by atoms with Crippen molar-refractivity contribution in [2.45, 2.75) is 39.8 Å². The van der Waals surface area contributed by atoms with Gasteiger partial charge in [-0.05, 0) is 56.2 Å². The van der Waals surface area contributed by atoms with E-state index in [0.29, 0.717) is 5.19 Å².